The molecule has 0 saturated carbocycles. The van der Waals surface area contributed by atoms with E-state index in [1.807, 2.05) is 18.2 Å². The third kappa shape index (κ3) is 5.84. The fraction of sp³-hybridized carbons (Fsp3) is 0.263. The smallest absolute Gasteiger partial charge is 0.226 e. The van der Waals surface area contributed by atoms with E-state index in [0.29, 0.717) is 5.89 Å². The highest BCUT2D eigenvalue weighted by atomic mass is 127. The fourth-order valence-electron chi connectivity index (χ4n) is 2.36. The zero-order chi connectivity index (χ0) is 17.5. The Morgan fingerprint density at radius 3 is 2.69 bits per heavy atom. The predicted molar refractivity (Wildman–Crippen MR) is 118 cm³/mol. The summed E-state index contributed by atoms with van der Waals surface area (Å²) in [6.45, 7) is 3.58. The van der Waals surface area contributed by atoms with Crippen LogP contribution in [-0.2, 0) is 13.0 Å². The van der Waals surface area contributed by atoms with Crippen LogP contribution in [0.3, 0.4) is 0 Å². The van der Waals surface area contributed by atoms with E-state index in [1.165, 1.54) is 10.4 Å². The van der Waals surface area contributed by atoms with E-state index >= 15 is 0 Å². The molecule has 0 radical (unpaired) electrons. The van der Waals surface area contributed by atoms with E-state index < -0.39 is 0 Å². The number of aromatic nitrogens is 1. The first-order valence-electron chi connectivity index (χ1n) is 8.23. The molecule has 0 aliphatic carbocycles. The summed E-state index contributed by atoms with van der Waals surface area (Å²) >= 11 is 1.73. The van der Waals surface area contributed by atoms with Crippen molar-refractivity contribution in [3.8, 4) is 11.5 Å². The van der Waals surface area contributed by atoms with Crippen LogP contribution in [0.15, 0.2) is 57.5 Å². The Bertz CT molecular complexity index is 812. The Morgan fingerprint density at radius 2 is 2.00 bits per heavy atom. The summed E-state index contributed by atoms with van der Waals surface area (Å²) in [5, 5.41) is 8.67. The Balaban J connectivity index is 0.00000243. The summed E-state index contributed by atoms with van der Waals surface area (Å²) in [5.74, 6) is 1.45. The molecule has 0 amide bonds. The van der Waals surface area contributed by atoms with Gasteiger partial charge >= 0.3 is 0 Å². The molecule has 1 aromatic carbocycles. The van der Waals surface area contributed by atoms with Gasteiger partial charge in [0.2, 0.25) is 5.89 Å². The highest BCUT2D eigenvalue weighted by Gasteiger charge is 2.07. The maximum absolute atomic E-state index is 5.59. The van der Waals surface area contributed by atoms with Crippen LogP contribution >= 0.6 is 35.3 Å². The van der Waals surface area contributed by atoms with Crippen LogP contribution in [0.4, 0.5) is 0 Å². The van der Waals surface area contributed by atoms with Gasteiger partial charge in [0.1, 0.15) is 6.26 Å². The van der Waals surface area contributed by atoms with Gasteiger partial charge in [-0.15, -0.1) is 35.3 Å². The Kier molecular flexibility index (Phi) is 8.11. The molecule has 0 saturated heterocycles. The molecule has 0 atom stereocenters. The second kappa shape index (κ2) is 10.3. The lowest BCUT2D eigenvalue weighted by Crippen LogP contribution is -2.37. The average molecular weight is 482 g/mol. The maximum atomic E-state index is 5.59. The molecule has 2 N–H and O–H groups in total. The van der Waals surface area contributed by atoms with Crippen LogP contribution in [0.5, 0.6) is 0 Å². The molecular formula is C19H23IN4OS. The average Bonchev–Trinajstić information content (AvgIpc) is 3.30. The van der Waals surface area contributed by atoms with Crippen molar-refractivity contribution < 1.29 is 4.42 Å². The molecule has 3 aromatic rings. The van der Waals surface area contributed by atoms with Gasteiger partial charge < -0.3 is 15.1 Å². The van der Waals surface area contributed by atoms with Crippen LogP contribution in [0.2, 0.25) is 0 Å². The number of oxazole rings is 1. The summed E-state index contributed by atoms with van der Waals surface area (Å²) in [7, 11) is 1.77. The molecule has 2 heterocycles. The molecule has 0 bridgehead atoms. The summed E-state index contributed by atoms with van der Waals surface area (Å²) in [6.07, 6.45) is 2.49. The van der Waals surface area contributed by atoms with Crippen LogP contribution in [-0.4, -0.2) is 24.5 Å². The van der Waals surface area contributed by atoms with Gasteiger partial charge in [-0.3, -0.25) is 4.99 Å². The number of thiophene rings is 1. The highest BCUT2D eigenvalue weighted by molar-refractivity contribution is 14.0. The van der Waals surface area contributed by atoms with E-state index in [0.717, 1.165) is 36.7 Å². The number of halogens is 1. The van der Waals surface area contributed by atoms with Gasteiger partial charge in [0, 0.05) is 30.5 Å². The van der Waals surface area contributed by atoms with E-state index in [-0.39, 0.29) is 24.0 Å². The molecule has 3 rings (SSSR count). The van der Waals surface area contributed by atoms with Crippen molar-refractivity contribution >= 4 is 41.3 Å². The van der Waals surface area contributed by atoms with Crippen molar-refractivity contribution in [1.29, 1.82) is 0 Å². The molecule has 0 aliphatic heterocycles. The second-order valence-corrected chi connectivity index (χ2v) is 6.72. The predicted octanol–water partition coefficient (Wildman–Crippen LogP) is 4.24. The van der Waals surface area contributed by atoms with Gasteiger partial charge in [-0.25, -0.2) is 4.98 Å². The van der Waals surface area contributed by atoms with Gasteiger partial charge in [0.25, 0.3) is 0 Å². The zero-order valence-corrected chi connectivity index (χ0v) is 18.0. The van der Waals surface area contributed by atoms with Crippen molar-refractivity contribution in [1.82, 2.24) is 15.6 Å². The first-order valence-corrected chi connectivity index (χ1v) is 9.11. The maximum Gasteiger partial charge on any atom is 0.226 e. The number of nitrogens with zero attached hydrogens (tertiary/aromatic N) is 2. The normalized spacial score (nSPS) is 11.1. The summed E-state index contributed by atoms with van der Waals surface area (Å²) in [4.78, 5) is 10.1. The molecular weight excluding hydrogens is 459 g/mol. The quantitative estimate of drug-likeness (QED) is 0.314. The number of nitrogens with one attached hydrogen (secondary N) is 2. The molecule has 0 aliphatic rings. The number of aryl methyl sites for hydroxylation is 1. The third-order valence-corrected chi connectivity index (χ3v) is 4.63. The lowest BCUT2D eigenvalue weighted by atomic mass is 10.1. The standard InChI is InChI=1S/C19H22N4OS.HI/c1-14-5-7-15(8-6-14)18-23-16(13-24-18)9-10-21-19(20-2)22-12-17-4-3-11-25-17;/h3-8,11,13H,9-10,12H2,1-2H3,(H2,20,21,22);1H. The topological polar surface area (TPSA) is 62.5 Å². The molecule has 7 heteroatoms. The Labute approximate surface area is 175 Å². The Hall–Kier alpha value is -1.87. The molecule has 0 unspecified atom stereocenters. The van der Waals surface area contributed by atoms with Crippen LogP contribution in [0.1, 0.15) is 16.1 Å². The SMILES string of the molecule is CN=C(NCCc1coc(-c2ccc(C)cc2)n1)NCc1cccs1.I. The van der Waals surface area contributed by atoms with Gasteiger partial charge in [-0.1, -0.05) is 23.8 Å². The second-order valence-electron chi connectivity index (χ2n) is 5.69. The summed E-state index contributed by atoms with van der Waals surface area (Å²) in [6, 6.07) is 12.3. The number of hydrogen-bond acceptors (Lipinski definition) is 4. The molecule has 26 heavy (non-hydrogen) atoms. The molecule has 5 nitrogen and oxygen atoms in total. The molecule has 138 valence electrons. The summed E-state index contributed by atoms with van der Waals surface area (Å²) in [5.41, 5.74) is 3.15. The number of aliphatic imine (C=N–C) groups is 1. The number of rotatable bonds is 6. The number of hydrogen-bond donors (Lipinski definition) is 2. The van der Waals surface area contributed by atoms with Gasteiger partial charge in [-0.05, 0) is 30.5 Å². The van der Waals surface area contributed by atoms with Crippen LogP contribution < -0.4 is 10.6 Å². The van der Waals surface area contributed by atoms with Crippen molar-refractivity contribution in [3.05, 3.63) is 64.2 Å². The van der Waals surface area contributed by atoms with Gasteiger partial charge in [-0.2, -0.15) is 0 Å². The Morgan fingerprint density at radius 1 is 1.19 bits per heavy atom. The minimum Gasteiger partial charge on any atom is -0.444 e. The third-order valence-electron chi connectivity index (χ3n) is 3.76. The van der Waals surface area contributed by atoms with E-state index in [1.54, 1.807) is 24.6 Å². The number of guanidine groups is 1. The first-order chi connectivity index (χ1) is 12.2. The van der Waals surface area contributed by atoms with Crippen molar-refractivity contribution in [2.75, 3.05) is 13.6 Å². The first kappa shape index (κ1) is 20.4. The van der Waals surface area contributed by atoms with E-state index in [2.05, 4.69) is 51.1 Å². The molecule has 0 spiro atoms. The molecule has 0 fully saturated rings. The zero-order valence-electron chi connectivity index (χ0n) is 14.9. The fourth-order valence-corrected chi connectivity index (χ4v) is 3.01. The van der Waals surface area contributed by atoms with Crippen LogP contribution in [0.25, 0.3) is 11.5 Å². The van der Waals surface area contributed by atoms with E-state index in [9.17, 15) is 0 Å². The summed E-state index contributed by atoms with van der Waals surface area (Å²) < 4.78 is 5.59. The van der Waals surface area contributed by atoms with E-state index in [4.69, 9.17) is 4.42 Å². The van der Waals surface area contributed by atoms with Crippen molar-refractivity contribution in [2.24, 2.45) is 4.99 Å². The van der Waals surface area contributed by atoms with Crippen LogP contribution in [0, 0.1) is 6.92 Å². The highest BCUT2D eigenvalue weighted by Crippen LogP contribution is 2.19. The van der Waals surface area contributed by atoms with Crippen molar-refractivity contribution in [2.45, 2.75) is 19.9 Å². The number of benzene rings is 1. The monoisotopic (exact) mass is 482 g/mol. The van der Waals surface area contributed by atoms with Gasteiger partial charge in [0.05, 0.1) is 12.2 Å². The van der Waals surface area contributed by atoms with Gasteiger partial charge in [0.15, 0.2) is 5.96 Å². The largest absolute Gasteiger partial charge is 0.444 e. The lowest BCUT2D eigenvalue weighted by Gasteiger charge is -2.10. The minimum atomic E-state index is 0. The van der Waals surface area contributed by atoms with Crippen molar-refractivity contribution in [3.63, 3.8) is 0 Å². The lowest BCUT2D eigenvalue weighted by molar-refractivity contribution is 0.572. The molecule has 2 aromatic heterocycles. The minimum absolute atomic E-state index is 0.